The molecule has 6 heteroatoms. The Morgan fingerprint density at radius 3 is 2.71 bits per heavy atom. The van der Waals surface area contributed by atoms with Crippen LogP contribution in [-0.2, 0) is 6.54 Å². The number of pyridine rings is 1. The molecule has 1 N–H and O–H groups in total. The van der Waals surface area contributed by atoms with Gasteiger partial charge in [-0.25, -0.2) is 0 Å². The second kappa shape index (κ2) is 6.51. The van der Waals surface area contributed by atoms with Gasteiger partial charge >= 0.3 is 0 Å². The van der Waals surface area contributed by atoms with Crippen LogP contribution in [0.25, 0.3) is 11.4 Å². The molecule has 24 heavy (non-hydrogen) atoms. The lowest BCUT2D eigenvalue weighted by Gasteiger charge is -2.21. The lowest BCUT2D eigenvalue weighted by molar-refractivity contribution is 0.169. The average molecular weight is 322 g/mol. The monoisotopic (exact) mass is 322 g/mol. The highest BCUT2D eigenvalue weighted by Crippen LogP contribution is 2.33. The summed E-state index contributed by atoms with van der Waals surface area (Å²) in [4.78, 5) is 10.7. The third-order valence-electron chi connectivity index (χ3n) is 4.28. The number of nitrogens with zero attached hydrogens (tertiary/aromatic N) is 4. The maximum Gasteiger partial charge on any atom is 0.244 e. The van der Waals surface area contributed by atoms with Gasteiger partial charge in [-0.1, -0.05) is 35.5 Å². The summed E-state index contributed by atoms with van der Waals surface area (Å²) in [6.07, 6.45) is 3.62. The second-order valence-electron chi connectivity index (χ2n) is 6.01. The molecule has 1 saturated heterocycles. The van der Waals surface area contributed by atoms with Crippen molar-refractivity contribution in [2.24, 2.45) is 0 Å². The van der Waals surface area contributed by atoms with Crippen LogP contribution in [0.3, 0.4) is 0 Å². The number of rotatable bonds is 4. The summed E-state index contributed by atoms with van der Waals surface area (Å²) < 4.78 is 5.48. The van der Waals surface area contributed by atoms with Gasteiger partial charge in [0.2, 0.25) is 11.7 Å². The van der Waals surface area contributed by atoms with Crippen molar-refractivity contribution in [1.82, 2.24) is 20.0 Å². The van der Waals surface area contributed by atoms with Gasteiger partial charge in [0.15, 0.2) is 0 Å². The van der Waals surface area contributed by atoms with E-state index in [4.69, 9.17) is 4.52 Å². The fraction of sp³-hybridized carbons (Fsp3) is 0.278. The molecule has 1 fully saturated rings. The summed E-state index contributed by atoms with van der Waals surface area (Å²) in [7, 11) is 0. The molecule has 6 nitrogen and oxygen atoms in total. The Morgan fingerprint density at radius 1 is 1.12 bits per heavy atom. The molecule has 0 bridgehead atoms. The molecule has 0 aliphatic carbocycles. The molecule has 0 spiro atoms. The Balaban J connectivity index is 1.57. The molecule has 1 aliphatic heterocycles. The Hall–Kier alpha value is -2.57. The number of β-amino-alcohol motifs (C(OH)–C–C–N with tert-alkyl or cyclic N) is 1. The molecular formula is C18H18N4O2. The van der Waals surface area contributed by atoms with Crippen LogP contribution in [0.5, 0.6) is 0 Å². The fourth-order valence-electron chi connectivity index (χ4n) is 3.12. The van der Waals surface area contributed by atoms with Crippen LogP contribution in [0, 0.1) is 0 Å². The largest absolute Gasteiger partial charge is 0.392 e. The van der Waals surface area contributed by atoms with Crippen molar-refractivity contribution in [3.05, 3.63) is 66.3 Å². The molecule has 0 radical (unpaired) electrons. The first kappa shape index (κ1) is 15.0. The van der Waals surface area contributed by atoms with E-state index >= 15 is 0 Å². The van der Waals surface area contributed by atoms with Gasteiger partial charge in [-0.3, -0.25) is 9.88 Å². The molecule has 3 heterocycles. The highest BCUT2D eigenvalue weighted by atomic mass is 16.5. The number of aliphatic hydroxyl groups excluding tert-OH is 1. The summed E-state index contributed by atoms with van der Waals surface area (Å²) in [5.74, 6) is 1.10. The fourth-order valence-corrected chi connectivity index (χ4v) is 3.12. The minimum Gasteiger partial charge on any atom is -0.392 e. The molecule has 4 rings (SSSR count). The summed E-state index contributed by atoms with van der Waals surface area (Å²) in [5, 5.41) is 14.2. The highest BCUT2D eigenvalue weighted by Gasteiger charge is 2.35. The van der Waals surface area contributed by atoms with Crippen LogP contribution in [0.15, 0.2) is 59.4 Å². The topological polar surface area (TPSA) is 75.3 Å². The molecule has 2 unspecified atom stereocenters. The van der Waals surface area contributed by atoms with E-state index in [1.807, 2.05) is 30.3 Å². The maximum absolute atomic E-state index is 10.1. The SMILES string of the molecule is OC1CC(c2nc(-c3ccncc3)no2)N(Cc2ccccc2)C1. The van der Waals surface area contributed by atoms with Crippen LogP contribution in [0.1, 0.15) is 23.9 Å². The van der Waals surface area contributed by atoms with E-state index in [1.165, 1.54) is 5.56 Å². The first-order valence-corrected chi connectivity index (χ1v) is 7.99. The van der Waals surface area contributed by atoms with E-state index in [0.29, 0.717) is 24.7 Å². The number of hydrogen-bond acceptors (Lipinski definition) is 6. The van der Waals surface area contributed by atoms with Gasteiger partial charge in [0.05, 0.1) is 12.1 Å². The smallest absolute Gasteiger partial charge is 0.244 e. The predicted molar refractivity (Wildman–Crippen MR) is 87.7 cm³/mol. The second-order valence-corrected chi connectivity index (χ2v) is 6.01. The number of benzene rings is 1. The van der Waals surface area contributed by atoms with E-state index in [9.17, 15) is 5.11 Å². The Kier molecular flexibility index (Phi) is 4.06. The standard InChI is InChI=1S/C18H18N4O2/c23-15-10-16(22(12-15)11-13-4-2-1-3-5-13)18-20-17(21-24-18)14-6-8-19-9-7-14/h1-9,15-16,23H,10-12H2. The minimum absolute atomic E-state index is 0.0664. The highest BCUT2D eigenvalue weighted by molar-refractivity contribution is 5.52. The van der Waals surface area contributed by atoms with Crippen LogP contribution < -0.4 is 0 Å². The normalized spacial score (nSPS) is 21.2. The summed E-state index contributed by atoms with van der Waals surface area (Å²) in [6, 6.07) is 13.8. The number of likely N-dealkylation sites (tertiary alicyclic amines) is 1. The lowest BCUT2D eigenvalue weighted by Crippen LogP contribution is -2.24. The average Bonchev–Trinajstić information content (AvgIpc) is 3.23. The van der Waals surface area contributed by atoms with Gasteiger partial charge < -0.3 is 9.63 Å². The Bertz CT molecular complexity index is 791. The zero-order chi connectivity index (χ0) is 16.4. The molecule has 122 valence electrons. The first-order chi connectivity index (χ1) is 11.8. The zero-order valence-electron chi connectivity index (χ0n) is 13.1. The third-order valence-corrected chi connectivity index (χ3v) is 4.28. The first-order valence-electron chi connectivity index (χ1n) is 7.99. The molecule has 1 aromatic carbocycles. The van der Waals surface area contributed by atoms with Gasteiger partial charge in [-0.15, -0.1) is 0 Å². The lowest BCUT2D eigenvalue weighted by atomic mass is 10.1. The van der Waals surface area contributed by atoms with Crippen molar-refractivity contribution in [3.8, 4) is 11.4 Å². The quantitative estimate of drug-likeness (QED) is 0.795. The van der Waals surface area contributed by atoms with Crippen LogP contribution in [0.2, 0.25) is 0 Å². The van der Waals surface area contributed by atoms with Crippen molar-refractivity contribution in [2.45, 2.75) is 25.1 Å². The van der Waals surface area contributed by atoms with E-state index in [0.717, 1.165) is 12.1 Å². The molecule has 1 aliphatic rings. The summed E-state index contributed by atoms with van der Waals surface area (Å²) in [6.45, 7) is 1.35. The maximum atomic E-state index is 10.1. The van der Waals surface area contributed by atoms with E-state index in [1.54, 1.807) is 12.4 Å². The van der Waals surface area contributed by atoms with E-state index < -0.39 is 0 Å². The number of hydrogen-bond donors (Lipinski definition) is 1. The van der Waals surface area contributed by atoms with Crippen LogP contribution >= 0.6 is 0 Å². The van der Waals surface area contributed by atoms with Crippen molar-refractivity contribution in [3.63, 3.8) is 0 Å². The van der Waals surface area contributed by atoms with Gasteiger partial charge in [0.1, 0.15) is 0 Å². The van der Waals surface area contributed by atoms with Gasteiger partial charge in [-0.05, 0) is 24.1 Å². The molecule has 2 atom stereocenters. The summed E-state index contributed by atoms with van der Waals surface area (Å²) in [5.41, 5.74) is 2.07. The molecule has 2 aromatic heterocycles. The number of aliphatic hydroxyl groups is 1. The zero-order valence-corrected chi connectivity index (χ0v) is 13.1. The van der Waals surface area contributed by atoms with E-state index in [2.05, 4.69) is 32.2 Å². The van der Waals surface area contributed by atoms with Gasteiger partial charge in [0, 0.05) is 31.0 Å². The summed E-state index contributed by atoms with van der Waals surface area (Å²) >= 11 is 0. The Labute approximate surface area is 139 Å². The van der Waals surface area contributed by atoms with Crippen LogP contribution in [0.4, 0.5) is 0 Å². The third kappa shape index (κ3) is 3.06. The number of aromatic nitrogens is 3. The van der Waals surface area contributed by atoms with Crippen molar-refractivity contribution in [1.29, 1.82) is 0 Å². The predicted octanol–water partition coefficient (Wildman–Crippen LogP) is 2.44. The molecule has 0 amide bonds. The Morgan fingerprint density at radius 2 is 1.92 bits per heavy atom. The van der Waals surface area contributed by atoms with Gasteiger partial charge in [-0.2, -0.15) is 4.98 Å². The van der Waals surface area contributed by atoms with Crippen molar-refractivity contribution >= 4 is 0 Å². The minimum atomic E-state index is -0.380. The molecule has 3 aromatic rings. The van der Waals surface area contributed by atoms with Crippen molar-refractivity contribution < 1.29 is 9.63 Å². The van der Waals surface area contributed by atoms with E-state index in [-0.39, 0.29) is 12.1 Å². The molecular weight excluding hydrogens is 304 g/mol. The van der Waals surface area contributed by atoms with Crippen molar-refractivity contribution in [2.75, 3.05) is 6.54 Å². The van der Waals surface area contributed by atoms with Crippen LogP contribution in [-0.4, -0.2) is 37.8 Å². The molecule has 0 saturated carbocycles. The van der Waals surface area contributed by atoms with Gasteiger partial charge in [0.25, 0.3) is 0 Å².